The first kappa shape index (κ1) is 16.9. The Balaban J connectivity index is 0.00000161. The van der Waals surface area contributed by atoms with Gasteiger partial charge in [0.1, 0.15) is 0 Å². The molecule has 2 saturated heterocycles. The third-order valence-electron chi connectivity index (χ3n) is 4.16. The third-order valence-corrected chi connectivity index (χ3v) is 4.16. The first-order valence-electron chi connectivity index (χ1n) is 7.28. The van der Waals surface area contributed by atoms with E-state index in [2.05, 4.69) is 15.5 Å². The minimum absolute atomic E-state index is 0. The molecule has 3 rings (SSSR count). The Labute approximate surface area is 129 Å². The van der Waals surface area contributed by atoms with Crippen molar-refractivity contribution in [3.63, 3.8) is 0 Å². The smallest absolute Gasteiger partial charge is 0.262 e. The first-order valence-corrected chi connectivity index (χ1v) is 7.28. The molecule has 0 radical (unpaired) electrons. The topological polar surface area (TPSA) is 53.6 Å². The summed E-state index contributed by atoms with van der Waals surface area (Å²) in [5.74, 6) is -3.12. The number of nitrogens with zero attached hydrogens (tertiary/aromatic N) is 1. The van der Waals surface area contributed by atoms with Gasteiger partial charge in [-0.05, 0) is 12.8 Å². The Hall–Kier alpha value is -0.500. The highest BCUT2D eigenvalue weighted by Gasteiger charge is 2.42. The molecule has 1 aliphatic carbocycles. The van der Waals surface area contributed by atoms with Gasteiger partial charge in [0, 0.05) is 32.1 Å². The molecular weight excluding hydrogens is 304 g/mol. The molecule has 0 aromatic rings. The number of hydrogen-bond donors (Lipinski definition) is 2. The second-order valence-corrected chi connectivity index (χ2v) is 5.96. The highest BCUT2D eigenvalue weighted by molar-refractivity contribution is 5.85. The van der Waals surface area contributed by atoms with Crippen LogP contribution in [0.25, 0.3) is 0 Å². The van der Waals surface area contributed by atoms with Crippen molar-refractivity contribution >= 4 is 18.3 Å². The molecule has 2 aliphatic heterocycles. The van der Waals surface area contributed by atoms with Crippen molar-refractivity contribution in [1.29, 1.82) is 0 Å². The van der Waals surface area contributed by atoms with Crippen LogP contribution in [0.4, 0.5) is 8.78 Å². The molecule has 0 bridgehead atoms. The van der Waals surface area contributed by atoms with Gasteiger partial charge in [-0.1, -0.05) is 0 Å². The molecule has 2 atom stereocenters. The van der Waals surface area contributed by atoms with Gasteiger partial charge in [0.15, 0.2) is 0 Å². The van der Waals surface area contributed by atoms with Gasteiger partial charge in [-0.25, -0.2) is 8.78 Å². The molecule has 8 heteroatoms. The molecule has 0 aromatic heterocycles. The van der Waals surface area contributed by atoms with Gasteiger partial charge >= 0.3 is 0 Å². The molecule has 3 aliphatic rings. The van der Waals surface area contributed by atoms with Crippen LogP contribution in [-0.4, -0.2) is 67.7 Å². The van der Waals surface area contributed by atoms with Crippen LogP contribution in [0.2, 0.25) is 0 Å². The minimum Gasteiger partial charge on any atom is -0.374 e. The van der Waals surface area contributed by atoms with Crippen LogP contribution in [0, 0.1) is 0 Å². The fourth-order valence-electron chi connectivity index (χ4n) is 2.88. The Bertz CT molecular complexity index is 382. The minimum atomic E-state index is -2.77. The number of halogens is 3. The Morgan fingerprint density at radius 2 is 2.19 bits per heavy atom. The number of carbonyl (C=O) groups excluding carboxylic acids is 1. The van der Waals surface area contributed by atoms with Gasteiger partial charge in [-0.3, -0.25) is 15.0 Å². The number of rotatable bonds is 4. The first-order chi connectivity index (χ1) is 9.53. The lowest BCUT2D eigenvalue weighted by atomic mass is 10.2. The zero-order valence-electron chi connectivity index (χ0n) is 11.8. The molecule has 3 fully saturated rings. The number of amides is 1. The molecule has 0 aromatic carbocycles. The summed E-state index contributed by atoms with van der Waals surface area (Å²) in [5.41, 5.74) is 0. The van der Waals surface area contributed by atoms with E-state index in [-0.39, 0.29) is 24.4 Å². The monoisotopic (exact) mass is 325 g/mol. The van der Waals surface area contributed by atoms with Crippen molar-refractivity contribution in [2.45, 2.75) is 43.4 Å². The average Bonchev–Trinajstić information content (AvgIpc) is 3.20. The van der Waals surface area contributed by atoms with E-state index in [0.29, 0.717) is 19.2 Å². The lowest BCUT2D eigenvalue weighted by Crippen LogP contribution is -2.50. The Morgan fingerprint density at radius 1 is 1.43 bits per heavy atom. The zero-order valence-corrected chi connectivity index (χ0v) is 12.6. The molecule has 5 nitrogen and oxygen atoms in total. The van der Waals surface area contributed by atoms with E-state index in [1.165, 1.54) is 12.8 Å². The second-order valence-electron chi connectivity index (χ2n) is 5.96. The fraction of sp³-hybridized carbons (Fsp3) is 0.923. The van der Waals surface area contributed by atoms with E-state index in [1.54, 1.807) is 0 Å². The van der Waals surface area contributed by atoms with E-state index < -0.39 is 24.9 Å². The number of alkyl halides is 2. The average molecular weight is 326 g/mol. The summed E-state index contributed by atoms with van der Waals surface area (Å²) in [6.07, 6.45) is 2.05. The van der Waals surface area contributed by atoms with Gasteiger partial charge in [0.25, 0.3) is 5.92 Å². The quantitative estimate of drug-likeness (QED) is 0.785. The van der Waals surface area contributed by atoms with Crippen LogP contribution in [0.3, 0.4) is 0 Å². The molecule has 1 saturated carbocycles. The van der Waals surface area contributed by atoms with Crippen molar-refractivity contribution < 1.29 is 18.3 Å². The maximum Gasteiger partial charge on any atom is 0.262 e. The summed E-state index contributed by atoms with van der Waals surface area (Å²) in [5, 5.41) is 5.28. The number of ether oxygens (including phenoxy) is 1. The number of carbonyl (C=O) groups is 1. The molecule has 122 valence electrons. The Kier molecular flexibility index (Phi) is 5.40. The number of hydrogen-bond acceptors (Lipinski definition) is 4. The molecule has 1 amide bonds. The van der Waals surface area contributed by atoms with E-state index in [0.717, 1.165) is 13.1 Å². The van der Waals surface area contributed by atoms with Crippen LogP contribution in [0.1, 0.15) is 19.3 Å². The standard InChI is InChI=1S/C13H21F2N3O2.ClH/c14-13(15)5-11(17-8-13)12(19)16-6-10-7-18(3-4-20-10)9-1-2-9;/h9-11,17H,1-8H2,(H,16,19);1H. The SMILES string of the molecule is Cl.O=C(NCC1CN(C2CC2)CCO1)C1CC(F)(F)CN1. The molecule has 21 heavy (non-hydrogen) atoms. The summed E-state index contributed by atoms with van der Waals surface area (Å²) in [7, 11) is 0. The van der Waals surface area contributed by atoms with E-state index in [9.17, 15) is 13.6 Å². The number of morpholine rings is 1. The fourth-order valence-corrected chi connectivity index (χ4v) is 2.88. The summed E-state index contributed by atoms with van der Waals surface area (Å²) < 4.78 is 31.7. The normalized spacial score (nSPS) is 32.5. The van der Waals surface area contributed by atoms with Crippen molar-refractivity contribution in [2.75, 3.05) is 32.8 Å². The lowest BCUT2D eigenvalue weighted by molar-refractivity contribution is -0.124. The van der Waals surface area contributed by atoms with Crippen LogP contribution >= 0.6 is 12.4 Å². The third kappa shape index (κ3) is 4.48. The summed E-state index contributed by atoms with van der Waals surface area (Å²) in [4.78, 5) is 14.2. The molecule has 2 N–H and O–H groups in total. The van der Waals surface area contributed by atoms with Crippen LogP contribution in [-0.2, 0) is 9.53 Å². The van der Waals surface area contributed by atoms with Gasteiger partial charge in [0.2, 0.25) is 5.91 Å². The van der Waals surface area contributed by atoms with Crippen molar-refractivity contribution in [1.82, 2.24) is 15.5 Å². The highest BCUT2D eigenvalue weighted by Crippen LogP contribution is 2.28. The Morgan fingerprint density at radius 3 is 2.81 bits per heavy atom. The lowest BCUT2D eigenvalue weighted by Gasteiger charge is -2.33. The van der Waals surface area contributed by atoms with Crippen LogP contribution < -0.4 is 10.6 Å². The van der Waals surface area contributed by atoms with Gasteiger partial charge in [-0.2, -0.15) is 0 Å². The molecule has 0 spiro atoms. The highest BCUT2D eigenvalue weighted by atomic mass is 35.5. The number of nitrogens with one attached hydrogen (secondary N) is 2. The van der Waals surface area contributed by atoms with Crippen molar-refractivity contribution in [3.05, 3.63) is 0 Å². The largest absolute Gasteiger partial charge is 0.374 e. The second kappa shape index (κ2) is 6.73. The van der Waals surface area contributed by atoms with Gasteiger partial charge in [0.05, 0.1) is 25.3 Å². The maximum atomic E-state index is 13.0. The van der Waals surface area contributed by atoms with E-state index in [1.807, 2.05) is 0 Å². The van der Waals surface area contributed by atoms with Crippen molar-refractivity contribution in [2.24, 2.45) is 0 Å². The van der Waals surface area contributed by atoms with Gasteiger partial charge in [-0.15, -0.1) is 12.4 Å². The van der Waals surface area contributed by atoms with Gasteiger partial charge < -0.3 is 10.1 Å². The maximum absolute atomic E-state index is 13.0. The van der Waals surface area contributed by atoms with E-state index in [4.69, 9.17) is 4.74 Å². The summed E-state index contributed by atoms with van der Waals surface area (Å²) in [6, 6.07) is -0.0968. The molecular formula is C13H22ClF2N3O2. The predicted octanol–water partition coefficient (Wildman–Crippen LogP) is 0.385. The molecule has 2 unspecified atom stereocenters. The van der Waals surface area contributed by atoms with Crippen LogP contribution in [0.5, 0.6) is 0 Å². The van der Waals surface area contributed by atoms with E-state index >= 15 is 0 Å². The summed E-state index contributed by atoms with van der Waals surface area (Å²) in [6.45, 7) is 2.42. The van der Waals surface area contributed by atoms with Crippen LogP contribution in [0.15, 0.2) is 0 Å². The molecule has 2 heterocycles. The predicted molar refractivity (Wildman–Crippen MR) is 75.9 cm³/mol. The summed E-state index contributed by atoms with van der Waals surface area (Å²) >= 11 is 0. The zero-order chi connectivity index (χ0) is 14.2. The van der Waals surface area contributed by atoms with Crippen molar-refractivity contribution in [3.8, 4) is 0 Å².